The minimum absolute atomic E-state index is 0.0652. The van der Waals surface area contributed by atoms with Gasteiger partial charge in [-0.15, -0.1) is 0 Å². The number of non-ortho nitro benzene ring substituents is 1. The van der Waals surface area contributed by atoms with Crippen LogP contribution in [0.1, 0.15) is 44.2 Å². The van der Waals surface area contributed by atoms with Crippen molar-refractivity contribution in [3.8, 4) is 5.75 Å². The van der Waals surface area contributed by atoms with E-state index in [1.54, 1.807) is 44.2 Å². The molecule has 0 amide bonds. The summed E-state index contributed by atoms with van der Waals surface area (Å²) < 4.78 is 10.9. The van der Waals surface area contributed by atoms with E-state index < -0.39 is 28.7 Å². The van der Waals surface area contributed by atoms with Crippen LogP contribution in [-0.4, -0.2) is 40.9 Å². The second-order valence-electron chi connectivity index (χ2n) is 8.28. The van der Waals surface area contributed by atoms with Gasteiger partial charge in [-0.25, -0.2) is 4.79 Å². The van der Waals surface area contributed by atoms with Gasteiger partial charge in [0.1, 0.15) is 11.7 Å². The van der Waals surface area contributed by atoms with Crippen LogP contribution in [0.15, 0.2) is 64.8 Å². The van der Waals surface area contributed by atoms with Crippen molar-refractivity contribution in [3.05, 3.63) is 81.0 Å². The Kier molecular flexibility index (Phi) is 8.35. The number of nitro benzene ring substituents is 1. The third-order valence-corrected chi connectivity index (χ3v) is 5.75. The van der Waals surface area contributed by atoms with Gasteiger partial charge in [-0.1, -0.05) is 31.2 Å². The van der Waals surface area contributed by atoms with Crippen molar-refractivity contribution in [2.45, 2.75) is 39.5 Å². The molecular weight excluding hydrogens is 452 g/mol. The maximum atomic E-state index is 13.3. The molecule has 0 aliphatic carbocycles. The number of hydrogen-bond acceptors (Lipinski definition) is 8. The number of aromatic hydroxyl groups is 1. The molecule has 0 saturated heterocycles. The molecule has 2 aromatic carbocycles. The molecule has 2 atom stereocenters. The Morgan fingerprint density at radius 1 is 1.09 bits per heavy atom. The number of rotatable bonds is 9. The van der Waals surface area contributed by atoms with Crippen LogP contribution in [0.25, 0.3) is 0 Å². The number of aliphatic imine (C=N–C) groups is 1. The van der Waals surface area contributed by atoms with Gasteiger partial charge in [0.05, 0.1) is 23.7 Å². The molecule has 0 aromatic heterocycles. The highest BCUT2D eigenvalue weighted by Crippen LogP contribution is 2.41. The summed E-state index contributed by atoms with van der Waals surface area (Å²) >= 11 is 0. The first kappa shape index (κ1) is 25.6. The predicted octanol–water partition coefficient (Wildman–Crippen LogP) is 4.49. The summed E-state index contributed by atoms with van der Waals surface area (Å²) in [6.45, 7) is 5.47. The van der Waals surface area contributed by atoms with E-state index in [9.17, 15) is 24.8 Å². The Morgan fingerprint density at radius 3 is 2.46 bits per heavy atom. The molecule has 0 saturated carbocycles. The number of esters is 2. The molecular formula is C26H28N2O7. The first-order valence-corrected chi connectivity index (χ1v) is 11.3. The van der Waals surface area contributed by atoms with Gasteiger partial charge in [0.15, 0.2) is 0 Å². The zero-order valence-electron chi connectivity index (χ0n) is 19.9. The SMILES string of the molecule is CCCOC(=O)C1C(C)=NC(C)=C(C(=O)OCCc2ccc(O)cc2)C1c1cccc([N+](=O)[O-])c1. The van der Waals surface area contributed by atoms with Crippen molar-refractivity contribution < 1.29 is 29.1 Å². The highest BCUT2D eigenvalue weighted by Gasteiger charge is 2.42. The van der Waals surface area contributed by atoms with Gasteiger partial charge < -0.3 is 14.6 Å². The summed E-state index contributed by atoms with van der Waals surface area (Å²) in [7, 11) is 0. The third kappa shape index (κ3) is 6.11. The van der Waals surface area contributed by atoms with Gasteiger partial charge in [0.25, 0.3) is 5.69 Å². The lowest BCUT2D eigenvalue weighted by atomic mass is 9.75. The minimum Gasteiger partial charge on any atom is -0.508 e. The Balaban J connectivity index is 1.94. The van der Waals surface area contributed by atoms with Crippen LogP contribution >= 0.6 is 0 Å². The van der Waals surface area contributed by atoms with Crippen LogP contribution in [-0.2, 0) is 25.5 Å². The van der Waals surface area contributed by atoms with Crippen molar-refractivity contribution >= 4 is 23.3 Å². The number of benzene rings is 2. The summed E-state index contributed by atoms with van der Waals surface area (Å²) in [5, 5.41) is 20.8. The smallest absolute Gasteiger partial charge is 0.336 e. The van der Waals surface area contributed by atoms with E-state index in [2.05, 4.69) is 4.99 Å². The summed E-state index contributed by atoms with van der Waals surface area (Å²) in [5.41, 5.74) is 2.15. The normalized spacial score (nSPS) is 17.5. The zero-order valence-corrected chi connectivity index (χ0v) is 19.9. The molecule has 1 heterocycles. The highest BCUT2D eigenvalue weighted by molar-refractivity contribution is 6.07. The Labute approximate surface area is 203 Å². The lowest BCUT2D eigenvalue weighted by molar-refractivity contribution is -0.384. The van der Waals surface area contributed by atoms with E-state index in [0.717, 1.165) is 5.56 Å². The monoisotopic (exact) mass is 480 g/mol. The minimum atomic E-state index is -0.924. The second-order valence-corrected chi connectivity index (χ2v) is 8.28. The van der Waals surface area contributed by atoms with Crippen molar-refractivity contribution in [1.82, 2.24) is 0 Å². The van der Waals surface area contributed by atoms with Crippen LogP contribution in [0.5, 0.6) is 5.75 Å². The van der Waals surface area contributed by atoms with Gasteiger partial charge >= 0.3 is 11.9 Å². The van der Waals surface area contributed by atoms with Gasteiger partial charge in [-0.05, 0) is 43.5 Å². The van der Waals surface area contributed by atoms with Crippen LogP contribution < -0.4 is 0 Å². The van der Waals surface area contributed by atoms with Crippen molar-refractivity contribution in [2.24, 2.45) is 10.9 Å². The topological polar surface area (TPSA) is 128 Å². The number of ether oxygens (including phenoxy) is 2. The maximum absolute atomic E-state index is 13.3. The largest absolute Gasteiger partial charge is 0.508 e. The molecule has 1 aliphatic heterocycles. The summed E-state index contributed by atoms with van der Waals surface area (Å²) in [5.74, 6) is -2.83. The fourth-order valence-electron chi connectivity index (χ4n) is 4.09. The van der Waals surface area contributed by atoms with Gasteiger partial charge in [-0.2, -0.15) is 0 Å². The molecule has 0 bridgehead atoms. The van der Waals surface area contributed by atoms with E-state index in [1.807, 2.05) is 6.92 Å². The lowest BCUT2D eigenvalue weighted by Gasteiger charge is -2.31. The Hall–Kier alpha value is -4.01. The lowest BCUT2D eigenvalue weighted by Crippen LogP contribution is -2.36. The fourth-order valence-corrected chi connectivity index (χ4v) is 4.09. The molecule has 0 spiro atoms. The highest BCUT2D eigenvalue weighted by atomic mass is 16.6. The van der Waals surface area contributed by atoms with Crippen molar-refractivity contribution in [3.63, 3.8) is 0 Å². The van der Waals surface area contributed by atoms with Gasteiger partial charge in [0.2, 0.25) is 0 Å². The maximum Gasteiger partial charge on any atom is 0.336 e. The first-order valence-electron chi connectivity index (χ1n) is 11.3. The van der Waals surface area contributed by atoms with E-state index in [-0.39, 0.29) is 30.2 Å². The predicted molar refractivity (Wildman–Crippen MR) is 129 cm³/mol. The van der Waals surface area contributed by atoms with E-state index in [0.29, 0.717) is 29.8 Å². The molecule has 0 fully saturated rings. The van der Waals surface area contributed by atoms with E-state index in [1.165, 1.54) is 18.2 Å². The molecule has 9 heteroatoms. The van der Waals surface area contributed by atoms with Crippen LogP contribution in [0.4, 0.5) is 5.69 Å². The average molecular weight is 481 g/mol. The Bertz CT molecular complexity index is 1170. The molecule has 0 radical (unpaired) electrons. The molecule has 2 unspecified atom stereocenters. The zero-order chi connectivity index (χ0) is 25.5. The van der Waals surface area contributed by atoms with Crippen molar-refractivity contribution in [2.75, 3.05) is 13.2 Å². The number of nitro groups is 1. The number of phenolic OH excluding ortho intramolecular Hbond substituents is 1. The summed E-state index contributed by atoms with van der Waals surface area (Å²) in [4.78, 5) is 41.6. The molecule has 9 nitrogen and oxygen atoms in total. The number of allylic oxidation sites excluding steroid dienone is 1. The average Bonchev–Trinajstić information content (AvgIpc) is 2.83. The molecule has 2 aromatic rings. The molecule has 35 heavy (non-hydrogen) atoms. The molecule has 3 rings (SSSR count). The molecule has 184 valence electrons. The summed E-state index contributed by atoms with van der Waals surface area (Å²) in [6.07, 6.45) is 1.04. The standard InChI is InChI=1S/C26H28N2O7/c1-4-13-34-25(30)22-16(2)27-17(3)23(24(22)19-6-5-7-20(15-19)28(32)33)26(31)35-14-12-18-8-10-21(29)11-9-18/h5-11,15,22,24,29H,4,12-14H2,1-3H3. The van der Waals surface area contributed by atoms with Crippen molar-refractivity contribution in [1.29, 1.82) is 0 Å². The third-order valence-electron chi connectivity index (χ3n) is 5.75. The number of phenols is 1. The number of carbonyl (C=O) groups is 2. The quantitative estimate of drug-likeness (QED) is 0.318. The van der Waals surface area contributed by atoms with Gasteiger partial charge in [0, 0.05) is 35.9 Å². The number of nitrogens with zero attached hydrogens (tertiary/aromatic N) is 2. The molecule has 1 aliphatic rings. The second kappa shape index (κ2) is 11.4. The number of carbonyl (C=O) groups excluding carboxylic acids is 2. The van der Waals surface area contributed by atoms with Crippen LogP contribution in [0, 0.1) is 16.0 Å². The summed E-state index contributed by atoms with van der Waals surface area (Å²) in [6, 6.07) is 12.4. The first-order chi connectivity index (χ1) is 16.7. The molecule has 1 N–H and O–H groups in total. The number of hydrogen-bond donors (Lipinski definition) is 1. The van der Waals surface area contributed by atoms with E-state index in [4.69, 9.17) is 9.47 Å². The fraction of sp³-hybridized carbons (Fsp3) is 0.346. The van der Waals surface area contributed by atoms with Crippen LogP contribution in [0.3, 0.4) is 0 Å². The Morgan fingerprint density at radius 2 is 1.80 bits per heavy atom. The van der Waals surface area contributed by atoms with Crippen LogP contribution in [0.2, 0.25) is 0 Å². The van der Waals surface area contributed by atoms with Gasteiger partial charge in [-0.3, -0.25) is 19.9 Å². The van der Waals surface area contributed by atoms with E-state index >= 15 is 0 Å².